The second kappa shape index (κ2) is 8.86. The van der Waals surface area contributed by atoms with Gasteiger partial charge in [0, 0.05) is 17.5 Å². The highest BCUT2D eigenvalue weighted by molar-refractivity contribution is 7.91. The molecule has 0 radical (unpaired) electrons. The molecule has 0 N–H and O–H groups in total. The van der Waals surface area contributed by atoms with Crippen LogP contribution in [0.25, 0.3) is 22.1 Å². The van der Waals surface area contributed by atoms with Gasteiger partial charge in [0.2, 0.25) is 5.58 Å². The smallest absolute Gasteiger partial charge is 0.326 e. The Kier molecular flexibility index (Phi) is 5.88. The highest BCUT2D eigenvalue weighted by Crippen LogP contribution is 2.29. The molecule has 1 saturated carbocycles. The predicted octanol–water partition coefficient (Wildman–Crippen LogP) is 1.64. The minimum atomic E-state index is -3.16. The zero-order valence-electron chi connectivity index (χ0n) is 18.5. The number of hydrogen-bond acceptors (Lipinski definition) is 8. The number of esters is 1. The number of carbonyl (C=O) groups excluding carboxylic acids is 2. The Hall–Kier alpha value is -3.21. The number of hydrogen-bond donors (Lipinski definition) is 0. The van der Waals surface area contributed by atoms with E-state index in [-0.39, 0.29) is 29.2 Å². The molecule has 2 aliphatic rings. The fourth-order valence-electron chi connectivity index (χ4n) is 5.01. The van der Waals surface area contributed by atoms with E-state index in [1.54, 1.807) is 23.1 Å². The lowest BCUT2D eigenvalue weighted by Crippen LogP contribution is -2.48. The van der Waals surface area contributed by atoms with Crippen molar-refractivity contribution >= 4 is 43.8 Å². The van der Waals surface area contributed by atoms with Crippen molar-refractivity contribution in [3.05, 3.63) is 40.9 Å². The van der Waals surface area contributed by atoms with Gasteiger partial charge in [-0.05, 0) is 31.4 Å². The van der Waals surface area contributed by atoms with Crippen LogP contribution >= 0.6 is 0 Å². The lowest BCUT2D eigenvalue weighted by atomic mass is 10.1. The molecule has 0 bridgehead atoms. The van der Waals surface area contributed by atoms with Gasteiger partial charge in [-0.15, -0.1) is 0 Å². The van der Waals surface area contributed by atoms with Crippen molar-refractivity contribution in [2.24, 2.45) is 0 Å². The van der Waals surface area contributed by atoms with Gasteiger partial charge in [-0.3, -0.25) is 19.0 Å². The van der Waals surface area contributed by atoms with Crippen LogP contribution in [-0.4, -0.2) is 64.9 Å². The van der Waals surface area contributed by atoms with Crippen molar-refractivity contribution in [2.75, 3.05) is 18.1 Å². The highest BCUT2D eigenvalue weighted by Gasteiger charge is 2.39. The number of benzene rings is 1. The predicted molar refractivity (Wildman–Crippen MR) is 123 cm³/mol. The highest BCUT2D eigenvalue weighted by atomic mass is 32.2. The third-order valence-electron chi connectivity index (χ3n) is 6.61. The summed E-state index contributed by atoms with van der Waals surface area (Å²) in [6, 6.07) is 6.70. The van der Waals surface area contributed by atoms with Crippen molar-refractivity contribution < 1.29 is 27.2 Å². The van der Waals surface area contributed by atoms with E-state index in [1.165, 1.54) is 6.33 Å². The summed E-state index contributed by atoms with van der Waals surface area (Å²) >= 11 is 0. The van der Waals surface area contributed by atoms with Crippen LogP contribution in [0.5, 0.6) is 0 Å². The number of sulfone groups is 1. The molecule has 5 rings (SSSR count). The second-order valence-corrected chi connectivity index (χ2v) is 11.1. The first kappa shape index (κ1) is 22.6. The Bertz CT molecular complexity index is 1420. The van der Waals surface area contributed by atoms with Gasteiger partial charge >= 0.3 is 5.97 Å². The van der Waals surface area contributed by atoms with Gasteiger partial charge in [-0.1, -0.05) is 25.0 Å². The molecule has 1 aliphatic carbocycles. The first-order valence-corrected chi connectivity index (χ1v) is 13.2. The van der Waals surface area contributed by atoms with Gasteiger partial charge in [-0.2, -0.15) is 0 Å². The molecule has 180 valence electrons. The molecule has 1 saturated heterocycles. The van der Waals surface area contributed by atoms with Gasteiger partial charge in [-0.25, -0.2) is 13.4 Å². The molecule has 10 nitrogen and oxygen atoms in total. The minimum Gasteiger partial charge on any atom is -0.454 e. The summed E-state index contributed by atoms with van der Waals surface area (Å²) in [6.07, 6.45) is 5.24. The molecule has 1 amide bonds. The monoisotopic (exact) mass is 487 g/mol. The maximum atomic E-state index is 13.0. The standard InChI is InChI=1S/C23H25N3O7S/c27-19(26(15-5-1-2-6-15)16-9-10-34(30,31)13-16)12-32-20(28)11-25-14-24-21-17-7-3-4-8-18(17)33-22(21)23(25)29/h3-4,7-8,14-16H,1-2,5-6,9-13H2/t16-/m0/s1. The Morgan fingerprint density at radius 3 is 2.65 bits per heavy atom. The van der Waals surface area contributed by atoms with E-state index in [0.29, 0.717) is 22.9 Å². The van der Waals surface area contributed by atoms with Crippen molar-refractivity contribution in [3.8, 4) is 0 Å². The Balaban J connectivity index is 1.27. The summed E-state index contributed by atoms with van der Waals surface area (Å²) in [5, 5.41) is 0.704. The lowest BCUT2D eigenvalue weighted by molar-refractivity contribution is -0.154. The van der Waals surface area contributed by atoms with Crippen molar-refractivity contribution in [1.29, 1.82) is 0 Å². The summed E-state index contributed by atoms with van der Waals surface area (Å²) in [5.74, 6) is -1.16. The van der Waals surface area contributed by atoms with Gasteiger partial charge in [0.25, 0.3) is 11.5 Å². The number of furan rings is 1. The van der Waals surface area contributed by atoms with Crippen molar-refractivity contribution in [3.63, 3.8) is 0 Å². The van der Waals surface area contributed by atoms with E-state index in [0.717, 1.165) is 30.3 Å². The number of rotatable bonds is 6. The van der Waals surface area contributed by atoms with Crippen LogP contribution < -0.4 is 5.56 Å². The van der Waals surface area contributed by atoms with Crippen molar-refractivity contribution in [1.82, 2.24) is 14.5 Å². The molecule has 34 heavy (non-hydrogen) atoms. The van der Waals surface area contributed by atoms with Crippen LogP contribution in [0.4, 0.5) is 0 Å². The van der Waals surface area contributed by atoms with Crippen LogP contribution in [0.3, 0.4) is 0 Å². The fraction of sp³-hybridized carbons (Fsp3) is 0.478. The molecular weight excluding hydrogens is 462 g/mol. The molecule has 2 fully saturated rings. The molecule has 0 spiro atoms. The number of nitrogens with zero attached hydrogens (tertiary/aromatic N) is 3. The molecular formula is C23H25N3O7S. The Morgan fingerprint density at radius 1 is 1.15 bits per heavy atom. The number of carbonyl (C=O) groups is 2. The van der Waals surface area contributed by atoms with E-state index in [9.17, 15) is 22.8 Å². The zero-order chi connectivity index (χ0) is 23.9. The maximum Gasteiger partial charge on any atom is 0.326 e. The van der Waals surface area contributed by atoms with Crippen LogP contribution in [0.2, 0.25) is 0 Å². The zero-order valence-corrected chi connectivity index (χ0v) is 19.3. The SMILES string of the molecule is O=C(Cn1cnc2c(oc3ccccc32)c1=O)OCC(=O)N(C1CCCC1)[C@H]1CCS(=O)(=O)C1. The van der Waals surface area contributed by atoms with E-state index < -0.39 is 40.4 Å². The average Bonchev–Trinajstić information content (AvgIpc) is 3.54. The molecule has 2 aromatic heterocycles. The molecule has 0 unspecified atom stereocenters. The molecule has 1 atom stereocenters. The molecule has 3 heterocycles. The normalized spacial score (nSPS) is 20.2. The first-order chi connectivity index (χ1) is 16.3. The Morgan fingerprint density at radius 2 is 1.91 bits per heavy atom. The van der Waals surface area contributed by atoms with E-state index in [2.05, 4.69) is 4.98 Å². The van der Waals surface area contributed by atoms with Crippen LogP contribution in [0.1, 0.15) is 32.1 Å². The third kappa shape index (κ3) is 4.31. The summed E-state index contributed by atoms with van der Waals surface area (Å²) in [5.41, 5.74) is 0.462. The van der Waals surface area contributed by atoms with E-state index in [4.69, 9.17) is 9.15 Å². The molecule has 11 heteroatoms. The van der Waals surface area contributed by atoms with Gasteiger partial charge in [0.15, 0.2) is 16.4 Å². The van der Waals surface area contributed by atoms with Crippen LogP contribution in [-0.2, 0) is 30.7 Å². The number of aromatic nitrogens is 2. The third-order valence-corrected chi connectivity index (χ3v) is 8.36. The quantitative estimate of drug-likeness (QED) is 0.480. The maximum absolute atomic E-state index is 13.0. The lowest BCUT2D eigenvalue weighted by Gasteiger charge is -2.33. The summed E-state index contributed by atoms with van der Waals surface area (Å²) < 4.78 is 35.8. The van der Waals surface area contributed by atoms with E-state index in [1.807, 2.05) is 6.07 Å². The fourth-order valence-corrected chi connectivity index (χ4v) is 6.72. The number of fused-ring (bicyclic) bond motifs is 3. The number of para-hydroxylation sites is 1. The van der Waals surface area contributed by atoms with Crippen LogP contribution in [0.15, 0.2) is 39.8 Å². The second-order valence-electron chi connectivity index (χ2n) is 8.91. The molecule has 3 aromatic rings. The summed E-state index contributed by atoms with van der Waals surface area (Å²) in [4.78, 5) is 44.1. The van der Waals surface area contributed by atoms with Crippen LogP contribution in [0, 0.1) is 0 Å². The van der Waals surface area contributed by atoms with Crippen molar-refractivity contribution in [2.45, 2.75) is 50.7 Å². The van der Waals surface area contributed by atoms with Gasteiger partial charge < -0.3 is 14.1 Å². The number of ether oxygens (including phenoxy) is 1. The molecule has 1 aromatic carbocycles. The van der Waals surface area contributed by atoms with E-state index >= 15 is 0 Å². The van der Waals surface area contributed by atoms with Gasteiger partial charge in [0.1, 0.15) is 17.6 Å². The average molecular weight is 488 g/mol. The first-order valence-electron chi connectivity index (χ1n) is 11.4. The largest absolute Gasteiger partial charge is 0.454 e. The van der Waals surface area contributed by atoms with Gasteiger partial charge in [0.05, 0.1) is 17.8 Å². The minimum absolute atomic E-state index is 0.0354. The Labute approximate surface area is 195 Å². The number of amides is 1. The molecule has 1 aliphatic heterocycles. The summed E-state index contributed by atoms with van der Waals surface area (Å²) in [7, 11) is -3.16. The summed E-state index contributed by atoms with van der Waals surface area (Å²) in [6.45, 7) is -0.922. The topological polar surface area (TPSA) is 129 Å².